The maximum atomic E-state index is 12.4. The van der Waals surface area contributed by atoms with E-state index in [1.807, 2.05) is 34.1 Å². The molecular formula is C19H25ClN2O3. The first-order valence-electron chi connectivity index (χ1n) is 9.06. The number of amides is 2. The van der Waals surface area contributed by atoms with E-state index in [9.17, 15) is 9.59 Å². The first kappa shape index (κ1) is 18.2. The molecule has 0 N–H and O–H groups in total. The van der Waals surface area contributed by atoms with E-state index < -0.39 is 0 Å². The molecule has 6 heteroatoms. The third-order valence-electron chi connectivity index (χ3n) is 4.92. The summed E-state index contributed by atoms with van der Waals surface area (Å²) in [6, 6.07) is 7.76. The summed E-state index contributed by atoms with van der Waals surface area (Å²) in [5.41, 5.74) is 1.20. The molecule has 0 saturated carbocycles. The lowest BCUT2D eigenvalue weighted by atomic mass is 10.1. The average molecular weight is 365 g/mol. The van der Waals surface area contributed by atoms with Crippen molar-refractivity contribution in [1.82, 2.24) is 9.80 Å². The van der Waals surface area contributed by atoms with E-state index in [0.29, 0.717) is 39.2 Å². The van der Waals surface area contributed by atoms with E-state index in [-0.39, 0.29) is 17.9 Å². The average Bonchev–Trinajstić information content (AvgIpc) is 3.17. The molecule has 0 spiro atoms. The van der Waals surface area contributed by atoms with Crippen LogP contribution in [0.5, 0.6) is 0 Å². The lowest BCUT2D eigenvalue weighted by Crippen LogP contribution is -2.52. The molecule has 2 heterocycles. The number of nitrogens with zero attached hydrogens (tertiary/aromatic N) is 2. The largest absolute Gasteiger partial charge is 0.368 e. The van der Waals surface area contributed by atoms with Crippen molar-refractivity contribution in [3.05, 3.63) is 34.9 Å². The maximum absolute atomic E-state index is 12.4. The van der Waals surface area contributed by atoms with Crippen LogP contribution in [0.15, 0.2) is 24.3 Å². The van der Waals surface area contributed by atoms with E-state index in [1.165, 1.54) is 5.56 Å². The molecular weight excluding hydrogens is 340 g/mol. The van der Waals surface area contributed by atoms with Crippen LogP contribution in [0.4, 0.5) is 0 Å². The van der Waals surface area contributed by atoms with Gasteiger partial charge in [-0.3, -0.25) is 9.59 Å². The standard InChI is InChI=1S/C19H25ClN2O3/c20-16-8-6-15(7-9-16)3-1-5-18(23)21-10-12-22(13-11-21)19(24)17-4-2-14-25-17/h6-9,17H,1-5,10-14H2/t17-/m1/s1. The first-order valence-corrected chi connectivity index (χ1v) is 9.44. The van der Waals surface area contributed by atoms with Gasteiger partial charge in [0.05, 0.1) is 0 Å². The van der Waals surface area contributed by atoms with Gasteiger partial charge in [-0.2, -0.15) is 0 Å². The van der Waals surface area contributed by atoms with Gasteiger partial charge in [-0.15, -0.1) is 0 Å². The highest BCUT2D eigenvalue weighted by molar-refractivity contribution is 6.30. The summed E-state index contributed by atoms with van der Waals surface area (Å²) in [5, 5.41) is 0.732. The van der Waals surface area contributed by atoms with Crippen LogP contribution in [0.25, 0.3) is 0 Å². The van der Waals surface area contributed by atoms with Gasteiger partial charge in [0.2, 0.25) is 5.91 Å². The van der Waals surface area contributed by atoms with E-state index >= 15 is 0 Å². The summed E-state index contributed by atoms with van der Waals surface area (Å²) >= 11 is 5.88. The quantitative estimate of drug-likeness (QED) is 0.806. The van der Waals surface area contributed by atoms with Crippen LogP contribution in [0.3, 0.4) is 0 Å². The van der Waals surface area contributed by atoms with Gasteiger partial charge in [-0.1, -0.05) is 23.7 Å². The van der Waals surface area contributed by atoms with E-state index in [0.717, 1.165) is 30.7 Å². The molecule has 2 amide bonds. The zero-order valence-corrected chi connectivity index (χ0v) is 15.2. The van der Waals surface area contributed by atoms with Gasteiger partial charge in [0.25, 0.3) is 5.91 Å². The topological polar surface area (TPSA) is 49.9 Å². The normalized spacial score (nSPS) is 20.8. The molecule has 25 heavy (non-hydrogen) atoms. The number of aryl methyl sites for hydroxylation is 1. The Balaban J connectivity index is 1.37. The Hall–Kier alpha value is -1.59. The molecule has 2 saturated heterocycles. The highest BCUT2D eigenvalue weighted by Gasteiger charge is 2.31. The van der Waals surface area contributed by atoms with Crippen LogP contribution in [0.2, 0.25) is 5.02 Å². The molecule has 0 unspecified atom stereocenters. The lowest BCUT2D eigenvalue weighted by molar-refractivity contribution is -0.146. The Morgan fingerprint density at radius 3 is 2.40 bits per heavy atom. The zero-order valence-electron chi connectivity index (χ0n) is 14.5. The number of rotatable bonds is 5. The predicted molar refractivity (Wildman–Crippen MR) is 96.5 cm³/mol. The minimum atomic E-state index is -0.262. The van der Waals surface area contributed by atoms with Gasteiger partial charge >= 0.3 is 0 Å². The van der Waals surface area contributed by atoms with Crippen molar-refractivity contribution in [2.24, 2.45) is 0 Å². The molecule has 1 atom stereocenters. The Morgan fingerprint density at radius 1 is 1.08 bits per heavy atom. The molecule has 5 nitrogen and oxygen atoms in total. The second-order valence-corrected chi connectivity index (χ2v) is 7.12. The predicted octanol–water partition coefficient (Wildman–Crippen LogP) is 2.51. The Kier molecular flexibility index (Phi) is 6.32. The SMILES string of the molecule is O=C(CCCc1ccc(Cl)cc1)N1CCN(C(=O)[C@H]2CCCO2)CC1. The highest BCUT2D eigenvalue weighted by Crippen LogP contribution is 2.17. The van der Waals surface area contributed by atoms with Crippen LogP contribution in [0, 0.1) is 0 Å². The molecule has 136 valence electrons. The first-order chi connectivity index (χ1) is 12.1. The third-order valence-corrected chi connectivity index (χ3v) is 5.17. The Bertz CT molecular complexity index is 591. The number of halogens is 1. The smallest absolute Gasteiger partial charge is 0.251 e. The molecule has 1 aromatic rings. The molecule has 2 aliphatic rings. The number of hydrogen-bond donors (Lipinski definition) is 0. The molecule has 0 aliphatic carbocycles. The van der Waals surface area contributed by atoms with Gasteiger partial charge in [-0.25, -0.2) is 0 Å². The second kappa shape index (κ2) is 8.68. The number of carbonyl (C=O) groups excluding carboxylic acids is 2. The number of carbonyl (C=O) groups is 2. The number of hydrogen-bond acceptors (Lipinski definition) is 3. The van der Waals surface area contributed by atoms with Crippen molar-refractivity contribution < 1.29 is 14.3 Å². The summed E-state index contributed by atoms with van der Waals surface area (Å²) in [5.74, 6) is 0.269. The van der Waals surface area contributed by atoms with Gasteiger partial charge in [0, 0.05) is 44.2 Å². The molecule has 3 rings (SSSR count). The van der Waals surface area contributed by atoms with Crippen molar-refractivity contribution in [3.8, 4) is 0 Å². The van der Waals surface area contributed by atoms with Crippen molar-refractivity contribution in [1.29, 1.82) is 0 Å². The fourth-order valence-electron chi connectivity index (χ4n) is 3.41. The summed E-state index contributed by atoms with van der Waals surface area (Å²) in [6.07, 6.45) is 3.77. The van der Waals surface area contributed by atoms with Gasteiger partial charge < -0.3 is 14.5 Å². The van der Waals surface area contributed by atoms with Gasteiger partial charge in [0.15, 0.2) is 0 Å². The van der Waals surface area contributed by atoms with Crippen molar-refractivity contribution >= 4 is 23.4 Å². The summed E-state index contributed by atoms with van der Waals surface area (Å²) in [6.45, 7) is 3.15. The van der Waals surface area contributed by atoms with Gasteiger partial charge in [-0.05, 0) is 43.4 Å². The van der Waals surface area contributed by atoms with Crippen molar-refractivity contribution in [2.45, 2.75) is 38.2 Å². The molecule has 2 fully saturated rings. The fourth-order valence-corrected chi connectivity index (χ4v) is 3.53. The molecule has 1 aromatic carbocycles. The van der Waals surface area contributed by atoms with Crippen LogP contribution in [-0.4, -0.2) is 60.5 Å². The van der Waals surface area contributed by atoms with Crippen molar-refractivity contribution in [3.63, 3.8) is 0 Å². The van der Waals surface area contributed by atoms with E-state index in [4.69, 9.17) is 16.3 Å². The summed E-state index contributed by atoms with van der Waals surface area (Å²) in [7, 11) is 0. The molecule has 2 aliphatic heterocycles. The third kappa shape index (κ3) is 4.95. The Labute approximate surface area is 153 Å². The summed E-state index contributed by atoms with van der Waals surface area (Å²) < 4.78 is 5.46. The minimum Gasteiger partial charge on any atom is -0.368 e. The monoisotopic (exact) mass is 364 g/mol. The van der Waals surface area contributed by atoms with Crippen LogP contribution in [0.1, 0.15) is 31.2 Å². The number of benzene rings is 1. The number of piperazine rings is 1. The lowest BCUT2D eigenvalue weighted by Gasteiger charge is -2.35. The molecule has 0 radical (unpaired) electrons. The second-order valence-electron chi connectivity index (χ2n) is 6.69. The maximum Gasteiger partial charge on any atom is 0.251 e. The van der Waals surface area contributed by atoms with E-state index in [1.54, 1.807) is 0 Å². The Morgan fingerprint density at radius 2 is 1.76 bits per heavy atom. The minimum absolute atomic E-state index is 0.0901. The van der Waals surface area contributed by atoms with E-state index in [2.05, 4.69) is 0 Å². The number of ether oxygens (including phenoxy) is 1. The molecule has 0 bridgehead atoms. The van der Waals surface area contributed by atoms with Gasteiger partial charge in [0.1, 0.15) is 6.10 Å². The highest BCUT2D eigenvalue weighted by atomic mass is 35.5. The summed E-state index contributed by atoms with van der Waals surface area (Å²) in [4.78, 5) is 28.4. The van der Waals surface area contributed by atoms with Crippen LogP contribution < -0.4 is 0 Å². The fraction of sp³-hybridized carbons (Fsp3) is 0.579. The van der Waals surface area contributed by atoms with Crippen LogP contribution >= 0.6 is 11.6 Å². The van der Waals surface area contributed by atoms with Crippen molar-refractivity contribution in [2.75, 3.05) is 32.8 Å². The molecule has 0 aromatic heterocycles. The zero-order chi connectivity index (χ0) is 17.6. The van der Waals surface area contributed by atoms with Crippen LogP contribution in [-0.2, 0) is 20.7 Å².